The lowest BCUT2D eigenvalue weighted by Crippen LogP contribution is -2.41. The van der Waals surface area contributed by atoms with Crippen LogP contribution < -0.4 is 21.3 Å². The van der Waals surface area contributed by atoms with Crippen molar-refractivity contribution in [1.29, 1.82) is 0 Å². The topological polar surface area (TPSA) is 102 Å². The summed E-state index contributed by atoms with van der Waals surface area (Å²) in [5.74, 6) is -0.278. The summed E-state index contributed by atoms with van der Waals surface area (Å²) in [4.78, 5) is 39.6. The molecule has 3 rings (SSSR count). The number of nitrogens with one attached hydrogen (secondary N) is 2. The highest BCUT2D eigenvalue weighted by atomic mass is 35.5. The third-order valence-electron chi connectivity index (χ3n) is 4.13. The fourth-order valence-corrected chi connectivity index (χ4v) is 2.97. The molecule has 9 heteroatoms. The number of amides is 1. The molecule has 0 aliphatic carbocycles. The lowest BCUT2D eigenvalue weighted by Gasteiger charge is -2.13. The number of hydrogen-bond donors (Lipinski definition) is 2. The van der Waals surface area contributed by atoms with E-state index in [1.807, 2.05) is 0 Å². The molecule has 0 bridgehead atoms. The van der Waals surface area contributed by atoms with Crippen molar-refractivity contribution >= 4 is 23.2 Å². The molecule has 1 fully saturated rings. The Kier molecular flexibility index (Phi) is 5.43. The summed E-state index contributed by atoms with van der Waals surface area (Å²) in [5.41, 5.74) is -1.13. The zero-order chi connectivity index (χ0) is 18.7. The molecule has 1 aliphatic rings. The highest BCUT2D eigenvalue weighted by Gasteiger charge is 2.21. The van der Waals surface area contributed by atoms with Gasteiger partial charge in [-0.1, -0.05) is 11.6 Å². The molecular formula is C17H18ClN3O5. The molecule has 1 saturated heterocycles. The van der Waals surface area contributed by atoms with Crippen molar-refractivity contribution in [3.8, 4) is 5.75 Å². The van der Waals surface area contributed by atoms with Crippen molar-refractivity contribution in [2.75, 3.05) is 19.0 Å². The second kappa shape index (κ2) is 7.76. The van der Waals surface area contributed by atoms with E-state index in [0.717, 1.165) is 23.6 Å². The molecule has 8 nitrogen and oxygen atoms in total. The zero-order valence-corrected chi connectivity index (χ0v) is 14.8. The van der Waals surface area contributed by atoms with Gasteiger partial charge in [-0.2, -0.15) is 0 Å². The van der Waals surface area contributed by atoms with E-state index in [2.05, 4.69) is 10.3 Å². The molecule has 0 radical (unpaired) electrons. The minimum atomic E-state index is -0.678. The lowest BCUT2D eigenvalue weighted by atomic mass is 10.2. The number of ether oxygens (including phenoxy) is 2. The predicted octanol–water partition coefficient (Wildman–Crippen LogP) is 1.63. The summed E-state index contributed by atoms with van der Waals surface area (Å²) >= 11 is 5.94. The molecule has 1 unspecified atom stereocenters. The highest BCUT2D eigenvalue weighted by molar-refractivity contribution is 6.31. The first-order valence-corrected chi connectivity index (χ1v) is 8.46. The summed E-state index contributed by atoms with van der Waals surface area (Å²) in [6.45, 7) is 0.710. The maximum Gasteiger partial charge on any atom is 0.328 e. The molecule has 1 aromatic heterocycles. The number of nitrogens with zero attached hydrogens (tertiary/aromatic N) is 1. The Morgan fingerprint density at radius 1 is 1.46 bits per heavy atom. The maximum atomic E-state index is 12.6. The van der Waals surface area contributed by atoms with E-state index < -0.39 is 17.2 Å². The quantitative estimate of drug-likeness (QED) is 0.822. The van der Waals surface area contributed by atoms with E-state index in [0.29, 0.717) is 23.1 Å². The number of H-pyrrole nitrogens is 1. The average molecular weight is 380 g/mol. The summed E-state index contributed by atoms with van der Waals surface area (Å²) in [7, 11) is 1.45. The third kappa shape index (κ3) is 3.81. The Balaban J connectivity index is 1.89. The normalized spacial score (nSPS) is 16.5. The fraction of sp³-hybridized carbons (Fsp3) is 0.353. The smallest absolute Gasteiger partial charge is 0.328 e. The number of rotatable bonds is 5. The number of hydrogen-bond acceptors (Lipinski definition) is 5. The highest BCUT2D eigenvalue weighted by Crippen LogP contribution is 2.27. The first-order valence-electron chi connectivity index (χ1n) is 8.08. The predicted molar refractivity (Wildman–Crippen MR) is 96.3 cm³/mol. The Labute approximate surface area is 153 Å². The van der Waals surface area contributed by atoms with Gasteiger partial charge in [-0.15, -0.1) is 0 Å². The molecule has 2 aromatic rings. The van der Waals surface area contributed by atoms with E-state index >= 15 is 0 Å². The van der Waals surface area contributed by atoms with Crippen LogP contribution in [-0.2, 0) is 11.3 Å². The van der Waals surface area contributed by atoms with Crippen LogP contribution >= 0.6 is 11.6 Å². The number of benzene rings is 1. The summed E-state index contributed by atoms with van der Waals surface area (Å²) in [5, 5.41) is 2.99. The van der Waals surface area contributed by atoms with E-state index in [4.69, 9.17) is 21.1 Å². The van der Waals surface area contributed by atoms with Gasteiger partial charge in [0.25, 0.3) is 11.5 Å². The van der Waals surface area contributed by atoms with Crippen LogP contribution in [0.2, 0.25) is 5.02 Å². The molecule has 0 spiro atoms. The molecule has 1 amide bonds. The van der Waals surface area contributed by atoms with E-state index in [9.17, 15) is 14.4 Å². The summed E-state index contributed by atoms with van der Waals surface area (Å²) in [6, 6.07) is 4.72. The number of halogens is 1. The van der Waals surface area contributed by atoms with Crippen molar-refractivity contribution in [3.05, 3.63) is 55.8 Å². The van der Waals surface area contributed by atoms with Crippen molar-refractivity contribution in [2.45, 2.75) is 25.5 Å². The fourth-order valence-electron chi connectivity index (χ4n) is 2.80. The van der Waals surface area contributed by atoms with Gasteiger partial charge in [0, 0.05) is 17.8 Å². The first kappa shape index (κ1) is 18.2. The second-order valence-corrected chi connectivity index (χ2v) is 6.29. The van der Waals surface area contributed by atoms with E-state index in [-0.39, 0.29) is 18.2 Å². The first-order chi connectivity index (χ1) is 12.5. The molecule has 26 heavy (non-hydrogen) atoms. The van der Waals surface area contributed by atoms with Gasteiger partial charge in [0.05, 0.1) is 25.4 Å². The largest absolute Gasteiger partial charge is 0.495 e. The maximum absolute atomic E-state index is 12.6. The van der Waals surface area contributed by atoms with E-state index in [1.165, 1.54) is 13.2 Å². The molecule has 1 atom stereocenters. The number of carbonyl (C=O) groups is 1. The number of aromatic amines is 1. The van der Waals surface area contributed by atoms with Gasteiger partial charge in [0.15, 0.2) is 0 Å². The third-order valence-corrected chi connectivity index (χ3v) is 4.36. The number of carbonyl (C=O) groups excluding carboxylic acids is 1. The van der Waals surface area contributed by atoms with Gasteiger partial charge in [-0.3, -0.25) is 14.2 Å². The lowest BCUT2D eigenvalue weighted by molar-refractivity contribution is 0.0941. The molecule has 2 heterocycles. The van der Waals surface area contributed by atoms with Crippen LogP contribution in [0.25, 0.3) is 0 Å². The van der Waals surface area contributed by atoms with Crippen molar-refractivity contribution in [3.63, 3.8) is 0 Å². The Morgan fingerprint density at radius 3 is 2.96 bits per heavy atom. The van der Waals surface area contributed by atoms with Crippen molar-refractivity contribution in [2.24, 2.45) is 0 Å². The van der Waals surface area contributed by atoms with Crippen LogP contribution in [0.5, 0.6) is 5.75 Å². The molecule has 1 aliphatic heterocycles. The monoisotopic (exact) mass is 379 g/mol. The molecule has 0 saturated carbocycles. The van der Waals surface area contributed by atoms with Crippen LogP contribution in [0.4, 0.5) is 5.69 Å². The number of aromatic nitrogens is 2. The van der Waals surface area contributed by atoms with Crippen LogP contribution in [0.1, 0.15) is 23.2 Å². The number of anilines is 1. The van der Waals surface area contributed by atoms with Gasteiger partial charge in [0.2, 0.25) is 0 Å². The minimum absolute atomic E-state index is 0.107. The average Bonchev–Trinajstić information content (AvgIpc) is 3.12. The van der Waals surface area contributed by atoms with E-state index in [1.54, 1.807) is 12.1 Å². The standard InChI is InChI=1S/C17H18ClN3O5/c1-25-14-5-4-10(18)7-13(14)20-15(22)12-8-19-17(24)21(16(12)23)9-11-3-2-6-26-11/h4-5,7-8,11H,2-3,6,9H2,1H3,(H,19,24)(H,20,22). The SMILES string of the molecule is COc1ccc(Cl)cc1NC(=O)c1c[nH]c(=O)n(CC2CCCO2)c1=O. The molecule has 2 N–H and O–H groups in total. The minimum Gasteiger partial charge on any atom is -0.495 e. The number of methoxy groups -OCH3 is 1. The Bertz CT molecular complexity index is 931. The van der Waals surface area contributed by atoms with Gasteiger partial charge in [-0.05, 0) is 31.0 Å². The van der Waals surface area contributed by atoms with Gasteiger partial charge < -0.3 is 19.8 Å². The van der Waals surface area contributed by atoms with Crippen LogP contribution in [0, 0.1) is 0 Å². The van der Waals surface area contributed by atoms with Crippen molar-refractivity contribution < 1.29 is 14.3 Å². The Hall–Kier alpha value is -2.58. The summed E-state index contributed by atoms with van der Waals surface area (Å²) < 4.78 is 11.6. The van der Waals surface area contributed by atoms with Crippen LogP contribution in [0.15, 0.2) is 34.0 Å². The van der Waals surface area contributed by atoms with Gasteiger partial charge >= 0.3 is 5.69 Å². The molecule has 138 valence electrons. The molecule has 1 aromatic carbocycles. The van der Waals surface area contributed by atoms with Gasteiger partial charge in [-0.25, -0.2) is 4.79 Å². The summed E-state index contributed by atoms with van der Waals surface area (Å²) in [6.07, 6.45) is 2.54. The Morgan fingerprint density at radius 2 is 2.27 bits per heavy atom. The zero-order valence-electron chi connectivity index (χ0n) is 14.1. The van der Waals surface area contributed by atoms with Crippen molar-refractivity contribution in [1.82, 2.24) is 9.55 Å². The molecular weight excluding hydrogens is 362 g/mol. The van der Waals surface area contributed by atoms with Gasteiger partial charge in [0.1, 0.15) is 11.3 Å². The van der Waals surface area contributed by atoms with Crippen LogP contribution in [-0.4, -0.2) is 35.3 Å². The second-order valence-electron chi connectivity index (χ2n) is 5.86. The van der Waals surface area contributed by atoms with Crippen LogP contribution in [0.3, 0.4) is 0 Å².